The molecule has 27 heavy (non-hydrogen) atoms. The molecule has 3 N–H and O–H groups in total. The fourth-order valence-corrected chi connectivity index (χ4v) is 3.58. The van der Waals surface area contributed by atoms with Crippen molar-refractivity contribution >= 4 is 0 Å². The number of nitrogens with two attached hydrogens (primary N) is 1. The van der Waals surface area contributed by atoms with E-state index in [4.69, 9.17) is 15.2 Å². The van der Waals surface area contributed by atoms with Crippen LogP contribution in [0.3, 0.4) is 0 Å². The van der Waals surface area contributed by atoms with Gasteiger partial charge in [-0.3, -0.25) is 4.90 Å². The molecule has 1 saturated carbocycles. The van der Waals surface area contributed by atoms with Gasteiger partial charge in [-0.05, 0) is 36.9 Å². The van der Waals surface area contributed by atoms with Gasteiger partial charge in [-0.15, -0.1) is 0 Å². The van der Waals surface area contributed by atoms with Gasteiger partial charge in [0.1, 0.15) is 23.7 Å². The van der Waals surface area contributed by atoms with Crippen LogP contribution < -0.4 is 15.2 Å². The molecule has 0 spiro atoms. The molecule has 2 aromatic carbocycles. The highest BCUT2D eigenvalue weighted by Gasteiger charge is 2.44. The fraction of sp³-hybridized carbons (Fsp3) is 0.400. The van der Waals surface area contributed by atoms with Gasteiger partial charge >= 0.3 is 0 Å². The zero-order valence-corrected chi connectivity index (χ0v) is 15.3. The number of hydrogen-bond donors (Lipinski definition) is 2. The maximum absolute atomic E-state index is 13.4. The van der Waals surface area contributed by atoms with Crippen LogP contribution in [0.25, 0.3) is 0 Å². The van der Waals surface area contributed by atoms with Crippen LogP contribution in [-0.2, 0) is 6.54 Å². The molecule has 4 atom stereocenters. The summed E-state index contributed by atoms with van der Waals surface area (Å²) in [6.07, 6.45) is -1.03. The van der Waals surface area contributed by atoms with E-state index in [1.807, 2.05) is 36.2 Å². The molecule has 2 aromatic rings. The lowest BCUT2D eigenvalue weighted by molar-refractivity contribution is 0.0136. The van der Waals surface area contributed by atoms with E-state index < -0.39 is 23.8 Å². The van der Waals surface area contributed by atoms with E-state index in [2.05, 4.69) is 0 Å². The number of nitrogens with zero attached hydrogens (tertiary/aromatic N) is 1. The Morgan fingerprint density at radius 3 is 2.41 bits per heavy atom. The molecule has 5 nitrogen and oxygen atoms in total. The summed E-state index contributed by atoms with van der Waals surface area (Å²) in [5, 5.41) is 10.7. The van der Waals surface area contributed by atoms with Crippen LogP contribution in [0, 0.1) is 11.6 Å². The van der Waals surface area contributed by atoms with Crippen LogP contribution in [0.5, 0.6) is 11.5 Å². The van der Waals surface area contributed by atoms with Crippen LogP contribution in [0.4, 0.5) is 8.78 Å². The van der Waals surface area contributed by atoms with E-state index in [1.54, 1.807) is 7.11 Å². The van der Waals surface area contributed by atoms with Gasteiger partial charge in [0.25, 0.3) is 0 Å². The molecule has 3 rings (SSSR count). The van der Waals surface area contributed by atoms with Crippen molar-refractivity contribution in [2.45, 2.75) is 37.3 Å². The summed E-state index contributed by atoms with van der Waals surface area (Å²) in [6, 6.07) is 10.4. The highest BCUT2D eigenvalue weighted by molar-refractivity contribution is 5.27. The van der Waals surface area contributed by atoms with E-state index in [-0.39, 0.29) is 17.8 Å². The van der Waals surface area contributed by atoms with Crippen molar-refractivity contribution in [1.29, 1.82) is 0 Å². The molecule has 0 aromatic heterocycles. The number of ether oxygens (including phenoxy) is 2. The summed E-state index contributed by atoms with van der Waals surface area (Å²) in [6.45, 7) is 0.595. The highest BCUT2D eigenvalue weighted by atomic mass is 19.2. The second-order valence-corrected chi connectivity index (χ2v) is 6.88. The van der Waals surface area contributed by atoms with Gasteiger partial charge in [0.15, 0.2) is 11.6 Å². The van der Waals surface area contributed by atoms with Crippen LogP contribution in [-0.4, -0.2) is 48.5 Å². The number of aliphatic hydroxyl groups is 1. The Bertz CT molecular complexity index is 772. The predicted molar refractivity (Wildman–Crippen MR) is 97.6 cm³/mol. The Morgan fingerprint density at radius 2 is 1.78 bits per heavy atom. The summed E-state index contributed by atoms with van der Waals surface area (Å²) in [5.41, 5.74) is 7.29. The zero-order valence-electron chi connectivity index (χ0n) is 15.3. The van der Waals surface area contributed by atoms with Crippen LogP contribution >= 0.6 is 0 Å². The molecule has 1 fully saturated rings. The zero-order chi connectivity index (χ0) is 19.6. The second-order valence-electron chi connectivity index (χ2n) is 6.88. The molecule has 0 saturated heterocycles. The first-order valence-corrected chi connectivity index (χ1v) is 8.77. The number of aliphatic hydroxyl groups excluding tert-OH is 1. The Kier molecular flexibility index (Phi) is 5.94. The maximum atomic E-state index is 13.4. The Labute approximate surface area is 157 Å². The number of methoxy groups -OCH3 is 1. The first-order chi connectivity index (χ1) is 12.9. The lowest BCUT2D eigenvalue weighted by Gasteiger charge is -2.30. The molecule has 7 heteroatoms. The van der Waals surface area contributed by atoms with Gasteiger partial charge in [0, 0.05) is 25.1 Å². The van der Waals surface area contributed by atoms with E-state index >= 15 is 0 Å². The number of hydrogen-bond acceptors (Lipinski definition) is 5. The SMILES string of the molecule is COc1ccc(CN(C)[C@@H]2[C@@H](O)[C@H](Oc3ccc(F)c(F)c3)C[C@H]2N)cc1. The van der Waals surface area contributed by atoms with Gasteiger partial charge in [-0.1, -0.05) is 12.1 Å². The minimum absolute atomic E-state index is 0.170. The molecule has 0 unspecified atom stereocenters. The number of benzene rings is 2. The summed E-state index contributed by atoms with van der Waals surface area (Å²) < 4.78 is 37.3. The average Bonchev–Trinajstić information content (AvgIpc) is 2.92. The first kappa shape index (κ1) is 19.5. The first-order valence-electron chi connectivity index (χ1n) is 8.77. The molecule has 0 aliphatic heterocycles. The normalized spacial score (nSPS) is 25.0. The van der Waals surface area contributed by atoms with Crippen LogP contribution in [0.15, 0.2) is 42.5 Å². The molecule has 146 valence electrons. The molecule has 0 bridgehead atoms. The number of likely N-dealkylation sites (N-methyl/N-ethyl adjacent to an activating group) is 1. The Morgan fingerprint density at radius 1 is 1.11 bits per heavy atom. The standard InChI is InChI=1S/C20H24F2N2O3/c1-24(11-12-3-5-13(26-2)6-4-12)19-17(23)10-18(20(19)25)27-14-7-8-15(21)16(22)9-14/h3-9,17-20,25H,10-11,23H2,1-2H3/t17-,18-,19+,20+/m1/s1. The fourth-order valence-electron chi connectivity index (χ4n) is 3.58. The average molecular weight is 378 g/mol. The van der Waals surface area contributed by atoms with Gasteiger partial charge in [-0.25, -0.2) is 8.78 Å². The van der Waals surface area contributed by atoms with Gasteiger partial charge in [0.2, 0.25) is 0 Å². The Hall–Kier alpha value is -2.22. The molecule has 0 radical (unpaired) electrons. The minimum atomic E-state index is -0.988. The van der Waals surface area contributed by atoms with Crippen molar-refractivity contribution in [2.24, 2.45) is 5.73 Å². The van der Waals surface area contributed by atoms with Crippen molar-refractivity contribution in [3.05, 3.63) is 59.7 Å². The quantitative estimate of drug-likeness (QED) is 0.808. The topological polar surface area (TPSA) is 68.0 Å². The monoisotopic (exact) mass is 378 g/mol. The lowest BCUT2D eigenvalue weighted by atomic mass is 10.1. The third-order valence-corrected chi connectivity index (χ3v) is 4.95. The van der Waals surface area contributed by atoms with Crippen molar-refractivity contribution < 1.29 is 23.4 Å². The highest BCUT2D eigenvalue weighted by Crippen LogP contribution is 2.29. The van der Waals surface area contributed by atoms with E-state index in [9.17, 15) is 13.9 Å². The number of halogens is 2. The molecular weight excluding hydrogens is 354 g/mol. The maximum Gasteiger partial charge on any atom is 0.162 e. The summed E-state index contributed by atoms with van der Waals surface area (Å²) in [4.78, 5) is 1.98. The van der Waals surface area contributed by atoms with Crippen LogP contribution in [0.1, 0.15) is 12.0 Å². The smallest absolute Gasteiger partial charge is 0.162 e. The van der Waals surface area contributed by atoms with Gasteiger partial charge in [0.05, 0.1) is 13.2 Å². The third-order valence-electron chi connectivity index (χ3n) is 4.95. The van der Waals surface area contributed by atoms with Gasteiger partial charge < -0.3 is 20.3 Å². The largest absolute Gasteiger partial charge is 0.497 e. The predicted octanol–water partition coefficient (Wildman–Crippen LogP) is 2.31. The molecule has 0 amide bonds. The van der Waals surface area contributed by atoms with Gasteiger partial charge in [-0.2, -0.15) is 0 Å². The molecular formula is C20H24F2N2O3. The summed E-state index contributed by atoms with van der Waals surface area (Å²) in [5.74, 6) is -0.983. The Balaban J connectivity index is 1.65. The van der Waals surface area contributed by atoms with E-state index in [1.165, 1.54) is 6.07 Å². The van der Waals surface area contributed by atoms with Crippen molar-refractivity contribution in [3.63, 3.8) is 0 Å². The van der Waals surface area contributed by atoms with Crippen LogP contribution in [0.2, 0.25) is 0 Å². The summed E-state index contributed by atoms with van der Waals surface area (Å²) in [7, 11) is 3.50. The molecule has 1 aliphatic carbocycles. The molecule has 0 heterocycles. The second kappa shape index (κ2) is 8.21. The molecule has 1 aliphatic rings. The number of rotatable bonds is 6. The van der Waals surface area contributed by atoms with Crippen molar-refractivity contribution in [3.8, 4) is 11.5 Å². The lowest BCUT2D eigenvalue weighted by Crippen LogP contribution is -2.48. The van der Waals surface area contributed by atoms with Crippen molar-refractivity contribution in [2.75, 3.05) is 14.2 Å². The minimum Gasteiger partial charge on any atom is -0.497 e. The van der Waals surface area contributed by atoms with E-state index in [0.29, 0.717) is 13.0 Å². The van der Waals surface area contributed by atoms with E-state index in [0.717, 1.165) is 23.4 Å². The third kappa shape index (κ3) is 4.37. The van der Waals surface area contributed by atoms with Crippen molar-refractivity contribution in [1.82, 2.24) is 4.90 Å². The summed E-state index contributed by atoms with van der Waals surface area (Å²) >= 11 is 0.